The third kappa shape index (κ3) is 3.05. The molecule has 7 heteroatoms. The SMILES string of the molecule is CCN(CC)C(=O)c1ccc(Nc2cc(C)nc3ncnn23)cc1. The van der Waals surface area contributed by atoms with Gasteiger partial charge in [-0.3, -0.25) is 4.79 Å². The number of anilines is 2. The number of nitrogens with zero attached hydrogens (tertiary/aromatic N) is 5. The summed E-state index contributed by atoms with van der Waals surface area (Å²) in [6.45, 7) is 7.27. The number of amides is 1. The van der Waals surface area contributed by atoms with Crippen LogP contribution in [0.3, 0.4) is 0 Å². The molecule has 1 N–H and O–H groups in total. The van der Waals surface area contributed by atoms with Gasteiger partial charge in [-0.1, -0.05) is 0 Å². The Morgan fingerprint density at radius 3 is 2.58 bits per heavy atom. The topological polar surface area (TPSA) is 75.4 Å². The Bertz CT molecular complexity index is 851. The molecule has 0 unspecified atom stereocenters. The first kappa shape index (κ1) is 15.9. The molecule has 0 aliphatic carbocycles. The summed E-state index contributed by atoms with van der Waals surface area (Å²) in [5.74, 6) is 1.37. The van der Waals surface area contributed by atoms with Crippen molar-refractivity contribution in [3.63, 3.8) is 0 Å². The van der Waals surface area contributed by atoms with Gasteiger partial charge in [-0.25, -0.2) is 4.98 Å². The number of carbonyl (C=O) groups is 1. The van der Waals surface area contributed by atoms with Gasteiger partial charge in [-0.05, 0) is 45.0 Å². The van der Waals surface area contributed by atoms with Gasteiger partial charge in [0, 0.05) is 36.1 Å². The number of benzene rings is 1. The van der Waals surface area contributed by atoms with Crippen LogP contribution in [0.15, 0.2) is 36.7 Å². The van der Waals surface area contributed by atoms with Crippen molar-refractivity contribution >= 4 is 23.2 Å². The van der Waals surface area contributed by atoms with Crippen LogP contribution in [0.1, 0.15) is 29.9 Å². The molecule has 2 aromatic heterocycles. The molecule has 7 nitrogen and oxygen atoms in total. The fourth-order valence-electron chi connectivity index (χ4n) is 2.56. The third-order valence-corrected chi connectivity index (χ3v) is 3.83. The molecule has 1 aromatic carbocycles. The van der Waals surface area contributed by atoms with Crippen molar-refractivity contribution < 1.29 is 4.79 Å². The minimum absolute atomic E-state index is 0.0463. The average molecular weight is 324 g/mol. The largest absolute Gasteiger partial charge is 0.340 e. The van der Waals surface area contributed by atoms with Crippen molar-refractivity contribution in [2.24, 2.45) is 0 Å². The standard InChI is InChI=1S/C17H20N6O/c1-4-22(5-2)16(24)13-6-8-14(9-7-13)21-15-10-12(3)20-17-18-11-19-23(15)17/h6-11,21H,4-5H2,1-3H3. The molecule has 0 bridgehead atoms. The maximum absolute atomic E-state index is 12.3. The lowest BCUT2D eigenvalue weighted by Gasteiger charge is -2.18. The number of rotatable bonds is 5. The molecule has 2 heterocycles. The van der Waals surface area contributed by atoms with Crippen LogP contribution in [0, 0.1) is 6.92 Å². The van der Waals surface area contributed by atoms with E-state index in [4.69, 9.17) is 0 Å². The van der Waals surface area contributed by atoms with Crippen LogP contribution >= 0.6 is 0 Å². The van der Waals surface area contributed by atoms with E-state index in [9.17, 15) is 4.79 Å². The van der Waals surface area contributed by atoms with Crippen LogP contribution in [-0.2, 0) is 0 Å². The summed E-state index contributed by atoms with van der Waals surface area (Å²) in [6.07, 6.45) is 1.47. The maximum Gasteiger partial charge on any atom is 0.254 e. The van der Waals surface area contributed by atoms with Crippen LogP contribution in [-0.4, -0.2) is 43.5 Å². The first-order valence-corrected chi connectivity index (χ1v) is 7.96. The Morgan fingerprint density at radius 2 is 1.92 bits per heavy atom. The summed E-state index contributed by atoms with van der Waals surface area (Å²) in [4.78, 5) is 22.6. The molecule has 3 aromatic rings. The minimum atomic E-state index is 0.0463. The van der Waals surface area contributed by atoms with Crippen LogP contribution in [0.2, 0.25) is 0 Å². The smallest absolute Gasteiger partial charge is 0.254 e. The van der Waals surface area contributed by atoms with Gasteiger partial charge in [0.25, 0.3) is 11.7 Å². The summed E-state index contributed by atoms with van der Waals surface area (Å²) in [6, 6.07) is 9.33. The van der Waals surface area contributed by atoms with Crippen molar-refractivity contribution in [2.45, 2.75) is 20.8 Å². The van der Waals surface area contributed by atoms with Gasteiger partial charge in [-0.15, -0.1) is 0 Å². The van der Waals surface area contributed by atoms with Crippen molar-refractivity contribution in [2.75, 3.05) is 18.4 Å². The molecule has 0 aliphatic heterocycles. The number of aromatic nitrogens is 4. The second kappa shape index (κ2) is 6.66. The van der Waals surface area contributed by atoms with Gasteiger partial charge < -0.3 is 10.2 Å². The van der Waals surface area contributed by atoms with Gasteiger partial charge in [-0.2, -0.15) is 14.6 Å². The van der Waals surface area contributed by atoms with E-state index in [0.29, 0.717) is 24.4 Å². The molecule has 0 radical (unpaired) electrons. The summed E-state index contributed by atoms with van der Waals surface area (Å²) >= 11 is 0. The Labute approximate surface area is 140 Å². The van der Waals surface area contributed by atoms with E-state index in [1.54, 1.807) is 9.42 Å². The first-order chi connectivity index (χ1) is 11.6. The van der Waals surface area contributed by atoms with Crippen LogP contribution in [0.25, 0.3) is 5.78 Å². The molecule has 24 heavy (non-hydrogen) atoms. The fourth-order valence-corrected chi connectivity index (χ4v) is 2.56. The Morgan fingerprint density at radius 1 is 1.21 bits per heavy atom. The normalized spacial score (nSPS) is 10.8. The number of fused-ring (bicyclic) bond motifs is 1. The lowest BCUT2D eigenvalue weighted by molar-refractivity contribution is 0.0773. The van der Waals surface area contributed by atoms with Gasteiger partial charge in [0.1, 0.15) is 12.1 Å². The van der Waals surface area contributed by atoms with E-state index >= 15 is 0 Å². The maximum atomic E-state index is 12.3. The fraction of sp³-hybridized carbons (Fsp3) is 0.294. The van der Waals surface area contributed by atoms with E-state index in [1.807, 2.05) is 51.1 Å². The van der Waals surface area contributed by atoms with Crippen molar-refractivity contribution in [1.29, 1.82) is 0 Å². The van der Waals surface area contributed by atoms with Crippen molar-refractivity contribution in [3.8, 4) is 0 Å². The summed E-state index contributed by atoms with van der Waals surface area (Å²) < 4.78 is 1.64. The molecule has 0 spiro atoms. The molecular weight excluding hydrogens is 304 g/mol. The van der Waals surface area contributed by atoms with E-state index in [1.165, 1.54) is 6.33 Å². The Balaban J connectivity index is 1.83. The minimum Gasteiger partial charge on any atom is -0.340 e. The molecule has 3 rings (SSSR count). The number of carbonyl (C=O) groups excluding carboxylic acids is 1. The summed E-state index contributed by atoms with van der Waals surface area (Å²) in [5, 5.41) is 7.46. The van der Waals surface area contributed by atoms with Gasteiger partial charge >= 0.3 is 0 Å². The Kier molecular flexibility index (Phi) is 4.41. The molecule has 0 aliphatic rings. The second-order valence-electron chi connectivity index (χ2n) is 5.43. The van der Waals surface area contributed by atoms with Gasteiger partial charge in [0.05, 0.1) is 0 Å². The highest BCUT2D eigenvalue weighted by Gasteiger charge is 2.12. The van der Waals surface area contributed by atoms with E-state index in [2.05, 4.69) is 20.4 Å². The number of aryl methyl sites for hydroxylation is 1. The third-order valence-electron chi connectivity index (χ3n) is 3.83. The van der Waals surface area contributed by atoms with E-state index in [0.717, 1.165) is 17.2 Å². The lowest BCUT2D eigenvalue weighted by atomic mass is 10.1. The number of nitrogens with one attached hydrogen (secondary N) is 1. The summed E-state index contributed by atoms with van der Waals surface area (Å²) in [5.41, 5.74) is 2.40. The lowest BCUT2D eigenvalue weighted by Crippen LogP contribution is -2.30. The second-order valence-corrected chi connectivity index (χ2v) is 5.43. The van der Waals surface area contributed by atoms with E-state index < -0.39 is 0 Å². The van der Waals surface area contributed by atoms with E-state index in [-0.39, 0.29) is 5.91 Å². The van der Waals surface area contributed by atoms with Crippen LogP contribution < -0.4 is 5.32 Å². The monoisotopic (exact) mass is 324 g/mol. The molecule has 0 fully saturated rings. The zero-order valence-corrected chi connectivity index (χ0v) is 14.0. The molecule has 1 amide bonds. The predicted octanol–water partition coefficient (Wildman–Crippen LogP) is 2.66. The summed E-state index contributed by atoms with van der Waals surface area (Å²) in [7, 11) is 0. The van der Waals surface area contributed by atoms with Gasteiger partial charge in [0.2, 0.25) is 0 Å². The molecule has 0 saturated carbocycles. The Hall–Kier alpha value is -2.96. The number of hydrogen-bond donors (Lipinski definition) is 1. The first-order valence-electron chi connectivity index (χ1n) is 7.96. The zero-order chi connectivity index (χ0) is 17.1. The highest BCUT2D eigenvalue weighted by atomic mass is 16.2. The van der Waals surface area contributed by atoms with Crippen molar-refractivity contribution in [1.82, 2.24) is 24.5 Å². The van der Waals surface area contributed by atoms with Gasteiger partial charge in [0.15, 0.2) is 0 Å². The zero-order valence-electron chi connectivity index (χ0n) is 14.0. The molecule has 0 saturated heterocycles. The highest BCUT2D eigenvalue weighted by Crippen LogP contribution is 2.18. The molecular formula is C17H20N6O. The highest BCUT2D eigenvalue weighted by molar-refractivity contribution is 5.94. The number of hydrogen-bond acceptors (Lipinski definition) is 5. The molecule has 124 valence electrons. The van der Waals surface area contributed by atoms with Crippen molar-refractivity contribution in [3.05, 3.63) is 47.9 Å². The average Bonchev–Trinajstić information content (AvgIpc) is 3.05. The van der Waals surface area contributed by atoms with Crippen LogP contribution in [0.5, 0.6) is 0 Å². The molecule has 0 atom stereocenters. The quantitative estimate of drug-likeness (QED) is 0.781. The predicted molar refractivity (Wildman–Crippen MR) is 92.5 cm³/mol. The van der Waals surface area contributed by atoms with Crippen LogP contribution in [0.4, 0.5) is 11.5 Å².